The first-order chi connectivity index (χ1) is 7.52. The fourth-order valence-corrected chi connectivity index (χ4v) is 1.26. The third-order valence-corrected chi connectivity index (χ3v) is 2.61. The van der Waals surface area contributed by atoms with Gasteiger partial charge in [-0.05, 0) is 0 Å². The molecule has 0 saturated heterocycles. The topological polar surface area (TPSA) is 58.9 Å². The highest BCUT2D eigenvalue weighted by molar-refractivity contribution is 5.80. The molecule has 2 atom stereocenters. The van der Waals surface area contributed by atoms with E-state index in [1.807, 2.05) is 27.7 Å². The van der Waals surface area contributed by atoms with Crippen LogP contribution in [0.15, 0.2) is 10.2 Å². The zero-order chi connectivity index (χ0) is 12.6. The minimum atomic E-state index is -0.0640. The Hall–Kier alpha value is -1.06. The van der Waals surface area contributed by atoms with Crippen molar-refractivity contribution in [3.8, 4) is 0 Å². The van der Waals surface area contributed by atoms with E-state index in [2.05, 4.69) is 10.2 Å². The maximum Gasteiger partial charge on any atom is 0.137 e. The van der Waals surface area contributed by atoms with Crippen molar-refractivity contribution in [3.63, 3.8) is 0 Å². The first-order valence-electron chi connectivity index (χ1n) is 5.91. The van der Waals surface area contributed by atoms with Gasteiger partial charge in [0.15, 0.2) is 0 Å². The van der Waals surface area contributed by atoms with Crippen LogP contribution in [0.1, 0.15) is 40.5 Å². The normalized spacial score (nSPS) is 15.0. The molecule has 0 amide bonds. The number of nitrogens with zero attached hydrogens (tertiary/aromatic N) is 2. The van der Waals surface area contributed by atoms with E-state index in [1.54, 1.807) is 0 Å². The molecule has 0 N–H and O–H groups in total. The molecule has 0 radical (unpaired) electrons. The van der Waals surface area contributed by atoms with Crippen molar-refractivity contribution >= 4 is 11.6 Å². The Morgan fingerprint density at radius 2 is 1.19 bits per heavy atom. The first-order valence-corrected chi connectivity index (χ1v) is 5.91. The highest BCUT2D eigenvalue weighted by Gasteiger charge is 2.11. The van der Waals surface area contributed by atoms with Crippen LogP contribution in [-0.4, -0.2) is 24.7 Å². The largest absolute Gasteiger partial charge is 0.299 e. The van der Waals surface area contributed by atoms with Crippen molar-refractivity contribution in [3.05, 3.63) is 0 Å². The van der Waals surface area contributed by atoms with Crippen LogP contribution in [0.25, 0.3) is 0 Å². The van der Waals surface area contributed by atoms with E-state index < -0.39 is 0 Å². The van der Waals surface area contributed by atoms with Gasteiger partial charge in [-0.15, -0.1) is 0 Å². The van der Waals surface area contributed by atoms with Crippen LogP contribution in [0.4, 0.5) is 0 Å². The van der Waals surface area contributed by atoms with Gasteiger partial charge in [0.2, 0.25) is 0 Å². The average molecular weight is 226 g/mol. The van der Waals surface area contributed by atoms with Gasteiger partial charge in [-0.3, -0.25) is 9.59 Å². The third kappa shape index (κ3) is 5.73. The number of ketones is 2. The van der Waals surface area contributed by atoms with Gasteiger partial charge in [0.1, 0.15) is 11.6 Å². The van der Waals surface area contributed by atoms with E-state index in [0.29, 0.717) is 25.9 Å². The zero-order valence-electron chi connectivity index (χ0n) is 10.7. The molecule has 0 rings (SSSR count). The molecule has 0 aliphatic carbocycles. The van der Waals surface area contributed by atoms with Gasteiger partial charge in [0.05, 0.1) is 13.1 Å². The second-order valence-electron chi connectivity index (χ2n) is 4.09. The lowest BCUT2D eigenvalue weighted by Crippen LogP contribution is -2.14. The number of Topliss-reactive ketones (excluding diaryl/α,β-unsaturated/α-hetero) is 2. The molecule has 16 heavy (non-hydrogen) atoms. The Bertz CT molecular complexity index is 236. The average Bonchev–Trinajstić information content (AvgIpc) is 2.31. The van der Waals surface area contributed by atoms with Gasteiger partial charge < -0.3 is 0 Å². The Kier molecular flexibility index (Phi) is 7.60. The van der Waals surface area contributed by atoms with Crippen molar-refractivity contribution in [2.45, 2.75) is 40.5 Å². The Labute approximate surface area is 97.5 Å². The van der Waals surface area contributed by atoms with E-state index >= 15 is 0 Å². The number of hydrogen-bond donors (Lipinski definition) is 0. The number of carbonyl (C=O) groups is 2. The fraction of sp³-hybridized carbons (Fsp3) is 0.833. The molecule has 2 unspecified atom stereocenters. The van der Waals surface area contributed by atoms with Gasteiger partial charge >= 0.3 is 0 Å². The predicted molar refractivity (Wildman–Crippen MR) is 63.5 cm³/mol. The van der Waals surface area contributed by atoms with Crippen molar-refractivity contribution in [2.24, 2.45) is 22.1 Å². The van der Waals surface area contributed by atoms with Crippen LogP contribution in [0.5, 0.6) is 0 Å². The quantitative estimate of drug-likeness (QED) is 0.597. The lowest BCUT2D eigenvalue weighted by molar-refractivity contribution is -0.122. The molecule has 0 heterocycles. The van der Waals surface area contributed by atoms with Crippen LogP contribution in [-0.2, 0) is 9.59 Å². The third-order valence-electron chi connectivity index (χ3n) is 2.61. The maximum atomic E-state index is 11.2. The Morgan fingerprint density at radius 1 is 0.875 bits per heavy atom. The predicted octanol–water partition coefficient (Wildman–Crippen LogP) is 2.67. The molecular formula is C12H22N2O2. The molecule has 0 bridgehead atoms. The van der Waals surface area contributed by atoms with Crippen molar-refractivity contribution in [1.29, 1.82) is 0 Å². The lowest BCUT2D eigenvalue weighted by Gasteiger charge is -2.05. The number of azo groups is 1. The summed E-state index contributed by atoms with van der Waals surface area (Å²) < 4.78 is 0. The smallest absolute Gasteiger partial charge is 0.137 e. The molecule has 0 spiro atoms. The molecule has 92 valence electrons. The summed E-state index contributed by atoms with van der Waals surface area (Å²) in [7, 11) is 0. The molecule has 4 nitrogen and oxygen atoms in total. The summed E-state index contributed by atoms with van der Waals surface area (Å²) in [5.41, 5.74) is 0. The highest BCUT2D eigenvalue weighted by Crippen LogP contribution is 2.04. The van der Waals surface area contributed by atoms with Gasteiger partial charge in [-0.2, -0.15) is 10.2 Å². The Balaban J connectivity index is 3.86. The second-order valence-corrected chi connectivity index (χ2v) is 4.09. The molecule has 0 fully saturated rings. The molecule has 0 aromatic heterocycles. The summed E-state index contributed by atoms with van der Waals surface area (Å²) in [4.78, 5) is 22.5. The van der Waals surface area contributed by atoms with E-state index in [1.165, 1.54) is 0 Å². The molecule has 0 aromatic carbocycles. The van der Waals surface area contributed by atoms with Crippen molar-refractivity contribution < 1.29 is 9.59 Å². The maximum absolute atomic E-state index is 11.2. The monoisotopic (exact) mass is 226 g/mol. The van der Waals surface area contributed by atoms with E-state index in [-0.39, 0.29) is 23.4 Å². The number of carbonyl (C=O) groups excluding carboxylic acids is 2. The molecule has 0 aliphatic heterocycles. The van der Waals surface area contributed by atoms with E-state index in [9.17, 15) is 9.59 Å². The number of rotatable bonds is 8. The summed E-state index contributed by atoms with van der Waals surface area (Å²) in [6.45, 7) is 8.26. The van der Waals surface area contributed by atoms with Gasteiger partial charge in [-0.25, -0.2) is 0 Å². The molecular weight excluding hydrogens is 204 g/mol. The minimum Gasteiger partial charge on any atom is -0.299 e. The highest BCUT2D eigenvalue weighted by atomic mass is 16.1. The number of hydrogen-bond acceptors (Lipinski definition) is 4. The summed E-state index contributed by atoms with van der Waals surface area (Å²) in [6, 6.07) is 0. The van der Waals surface area contributed by atoms with Crippen LogP contribution >= 0.6 is 0 Å². The van der Waals surface area contributed by atoms with E-state index in [0.717, 1.165) is 0 Å². The van der Waals surface area contributed by atoms with Crippen molar-refractivity contribution in [2.75, 3.05) is 13.1 Å². The summed E-state index contributed by atoms with van der Waals surface area (Å²) in [5, 5.41) is 7.90. The standard InChI is InChI=1S/C12H22N2O2/c1-5-11(15)9(3)7-13-14-8-10(4)12(16)6-2/h9-10H,5-8H2,1-4H3. The molecule has 0 saturated carbocycles. The van der Waals surface area contributed by atoms with Crippen LogP contribution in [0.2, 0.25) is 0 Å². The fourth-order valence-electron chi connectivity index (χ4n) is 1.26. The molecule has 4 heteroatoms. The summed E-state index contributed by atoms with van der Waals surface area (Å²) in [6.07, 6.45) is 1.09. The van der Waals surface area contributed by atoms with E-state index in [4.69, 9.17) is 0 Å². The van der Waals surface area contributed by atoms with Gasteiger partial charge in [0, 0.05) is 24.7 Å². The van der Waals surface area contributed by atoms with Crippen LogP contribution in [0, 0.1) is 11.8 Å². The van der Waals surface area contributed by atoms with Gasteiger partial charge in [0.25, 0.3) is 0 Å². The first kappa shape index (κ1) is 14.9. The second kappa shape index (κ2) is 8.13. The van der Waals surface area contributed by atoms with Crippen LogP contribution < -0.4 is 0 Å². The molecule has 0 aromatic rings. The Morgan fingerprint density at radius 3 is 1.44 bits per heavy atom. The summed E-state index contributed by atoms with van der Waals surface area (Å²) in [5.74, 6) is 0.283. The van der Waals surface area contributed by atoms with Gasteiger partial charge in [-0.1, -0.05) is 27.7 Å². The SMILES string of the molecule is CCC(=O)C(C)CN=NCC(C)C(=O)CC. The minimum absolute atomic E-state index is 0.0640. The van der Waals surface area contributed by atoms with Crippen molar-refractivity contribution in [1.82, 2.24) is 0 Å². The molecule has 0 aliphatic rings. The van der Waals surface area contributed by atoms with Crippen LogP contribution in [0.3, 0.4) is 0 Å². The lowest BCUT2D eigenvalue weighted by atomic mass is 10.1. The zero-order valence-corrected chi connectivity index (χ0v) is 10.7. The summed E-state index contributed by atoms with van der Waals surface area (Å²) >= 11 is 0.